The molecule has 2 aromatic carbocycles. The molecule has 0 aliphatic rings. The van der Waals surface area contributed by atoms with Crippen molar-refractivity contribution >= 4 is 16.7 Å². The van der Waals surface area contributed by atoms with Gasteiger partial charge in [-0.3, -0.25) is 0 Å². The largest absolute Gasteiger partial charge is 0.497 e. The first-order valence-corrected chi connectivity index (χ1v) is 7.27. The number of fused-ring (bicyclic) bond motifs is 1. The molecule has 0 spiro atoms. The maximum Gasteiger partial charge on any atom is 0.356 e. The molecule has 0 aliphatic heterocycles. The topological polar surface area (TPSA) is 48.4 Å². The van der Waals surface area contributed by atoms with Crippen molar-refractivity contribution in [1.82, 2.24) is 4.98 Å². The predicted molar refractivity (Wildman–Crippen MR) is 89.8 cm³/mol. The molecular weight excluding hydrogens is 290 g/mol. The van der Waals surface area contributed by atoms with Crippen LogP contribution in [0.5, 0.6) is 5.75 Å². The molecule has 0 fully saturated rings. The van der Waals surface area contributed by atoms with Gasteiger partial charge in [0.2, 0.25) is 0 Å². The van der Waals surface area contributed by atoms with Crippen LogP contribution < -0.4 is 4.74 Å². The fourth-order valence-electron chi connectivity index (χ4n) is 2.67. The summed E-state index contributed by atoms with van der Waals surface area (Å²) in [4.78, 5) is 16.7. The Morgan fingerprint density at radius 2 is 1.74 bits per heavy atom. The van der Waals surface area contributed by atoms with E-state index in [9.17, 15) is 4.79 Å². The number of esters is 1. The van der Waals surface area contributed by atoms with Crippen molar-refractivity contribution in [2.75, 3.05) is 14.2 Å². The second-order valence-electron chi connectivity index (χ2n) is 5.20. The van der Waals surface area contributed by atoms with Gasteiger partial charge in [-0.05, 0) is 30.0 Å². The minimum absolute atomic E-state index is 0.337. The number of benzene rings is 2. The molecule has 0 atom stereocenters. The fraction of sp³-hybridized carbons (Fsp3) is 0.158. The second kappa shape index (κ2) is 6.08. The average molecular weight is 307 g/mol. The van der Waals surface area contributed by atoms with Gasteiger partial charge in [-0.15, -0.1) is 0 Å². The van der Waals surface area contributed by atoms with Crippen LogP contribution in [0.2, 0.25) is 0 Å². The van der Waals surface area contributed by atoms with E-state index in [2.05, 4.69) is 4.98 Å². The number of hydrogen-bond acceptors (Lipinski definition) is 4. The summed E-state index contributed by atoms with van der Waals surface area (Å²) in [7, 11) is 3.00. The van der Waals surface area contributed by atoms with Crippen molar-refractivity contribution in [1.29, 1.82) is 0 Å². The highest BCUT2D eigenvalue weighted by atomic mass is 16.5. The van der Waals surface area contributed by atoms with E-state index in [1.807, 2.05) is 55.5 Å². The van der Waals surface area contributed by atoms with Crippen LogP contribution in [0, 0.1) is 6.92 Å². The van der Waals surface area contributed by atoms with Crippen LogP contribution in [0.1, 0.15) is 16.1 Å². The summed E-state index contributed by atoms with van der Waals surface area (Å²) in [5, 5.41) is 1.90. The van der Waals surface area contributed by atoms with Crippen LogP contribution in [-0.4, -0.2) is 25.2 Å². The minimum Gasteiger partial charge on any atom is -0.497 e. The molecule has 0 unspecified atom stereocenters. The van der Waals surface area contributed by atoms with E-state index in [4.69, 9.17) is 9.47 Å². The standard InChI is InChI=1S/C19H17NO3/c1-12-15-10-9-14(22-2)11-16(15)18(13-7-5-4-6-8-13)20-17(12)19(21)23-3/h4-11H,1-3H3. The average Bonchev–Trinajstić information content (AvgIpc) is 2.61. The molecule has 0 bridgehead atoms. The van der Waals surface area contributed by atoms with E-state index in [1.165, 1.54) is 7.11 Å². The van der Waals surface area contributed by atoms with Crippen molar-refractivity contribution in [3.63, 3.8) is 0 Å². The normalized spacial score (nSPS) is 10.6. The zero-order chi connectivity index (χ0) is 16.4. The first-order valence-electron chi connectivity index (χ1n) is 7.27. The first-order chi connectivity index (χ1) is 11.2. The molecule has 0 saturated heterocycles. The summed E-state index contributed by atoms with van der Waals surface area (Å²) in [5.74, 6) is 0.319. The number of carbonyl (C=O) groups is 1. The Labute approximate surface area is 134 Å². The Hall–Kier alpha value is -2.88. The summed E-state index contributed by atoms with van der Waals surface area (Å²) >= 11 is 0. The Balaban J connectivity index is 2.39. The lowest BCUT2D eigenvalue weighted by Gasteiger charge is -2.13. The SMILES string of the molecule is COC(=O)c1nc(-c2ccccc2)c2cc(OC)ccc2c1C. The highest BCUT2D eigenvalue weighted by molar-refractivity contribution is 6.03. The maximum atomic E-state index is 12.1. The van der Waals surface area contributed by atoms with E-state index in [0.717, 1.165) is 33.3 Å². The van der Waals surface area contributed by atoms with Crippen LogP contribution in [0.4, 0.5) is 0 Å². The van der Waals surface area contributed by atoms with Gasteiger partial charge in [0, 0.05) is 10.9 Å². The third-order valence-electron chi connectivity index (χ3n) is 3.89. The number of carbonyl (C=O) groups excluding carboxylic acids is 1. The lowest BCUT2D eigenvalue weighted by Crippen LogP contribution is -2.08. The van der Waals surface area contributed by atoms with Gasteiger partial charge in [0.25, 0.3) is 0 Å². The van der Waals surface area contributed by atoms with Gasteiger partial charge >= 0.3 is 5.97 Å². The summed E-state index contributed by atoms with van der Waals surface area (Å²) in [5.41, 5.74) is 2.82. The minimum atomic E-state index is -0.433. The van der Waals surface area contributed by atoms with E-state index < -0.39 is 5.97 Å². The zero-order valence-electron chi connectivity index (χ0n) is 13.3. The number of aryl methyl sites for hydroxylation is 1. The summed E-state index contributed by atoms with van der Waals surface area (Å²) < 4.78 is 10.2. The molecule has 3 aromatic rings. The molecule has 4 nitrogen and oxygen atoms in total. The Bertz CT molecular complexity index is 873. The quantitative estimate of drug-likeness (QED) is 0.686. The van der Waals surface area contributed by atoms with E-state index in [1.54, 1.807) is 7.11 Å². The van der Waals surface area contributed by atoms with Gasteiger partial charge in [-0.25, -0.2) is 9.78 Å². The van der Waals surface area contributed by atoms with E-state index in [-0.39, 0.29) is 0 Å². The molecule has 1 heterocycles. The Kier molecular flexibility index (Phi) is 3.98. The van der Waals surface area contributed by atoms with Gasteiger partial charge in [-0.2, -0.15) is 0 Å². The highest BCUT2D eigenvalue weighted by Crippen LogP contribution is 2.33. The molecule has 3 rings (SSSR count). The fourth-order valence-corrected chi connectivity index (χ4v) is 2.67. The lowest BCUT2D eigenvalue weighted by molar-refractivity contribution is 0.0593. The third-order valence-corrected chi connectivity index (χ3v) is 3.89. The van der Waals surface area contributed by atoms with Crippen LogP contribution in [0.3, 0.4) is 0 Å². The highest BCUT2D eigenvalue weighted by Gasteiger charge is 2.18. The van der Waals surface area contributed by atoms with E-state index >= 15 is 0 Å². The number of aromatic nitrogens is 1. The van der Waals surface area contributed by atoms with E-state index in [0.29, 0.717) is 5.69 Å². The van der Waals surface area contributed by atoms with Gasteiger partial charge in [0.15, 0.2) is 5.69 Å². The molecule has 0 aliphatic carbocycles. The number of nitrogens with zero attached hydrogens (tertiary/aromatic N) is 1. The first kappa shape index (κ1) is 15.0. The third kappa shape index (κ3) is 2.63. The van der Waals surface area contributed by atoms with Gasteiger partial charge in [0.05, 0.1) is 19.9 Å². The smallest absolute Gasteiger partial charge is 0.356 e. The Morgan fingerprint density at radius 3 is 2.39 bits per heavy atom. The summed E-state index contributed by atoms with van der Waals surface area (Å²) in [6, 6.07) is 15.5. The molecule has 1 aromatic heterocycles. The molecule has 116 valence electrons. The Morgan fingerprint density at radius 1 is 1.00 bits per heavy atom. The number of pyridine rings is 1. The number of rotatable bonds is 3. The van der Waals surface area contributed by atoms with Crippen LogP contribution >= 0.6 is 0 Å². The van der Waals surface area contributed by atoms with Crippen molar-refractivity contribution in [3.8, 4) is 17.0 Å². The van der Waals surface area contributed by atoms with Crippen LogP contribution in [0.15, 0.2) is 48.5 Å². The monoisotopic (exact) mass is 307 g/mol. The molecule has 0 saturated carbocycles. The van der Waals surface area contributed by atoms with Gasteiger partial charge in [-0.1, -0.05) is 36.4 Å². The second-order valence-corrected chi connectivity index (χ2v) is 5.20. The number of hydrogen-bond donors (Lipinski definition) is 0. The van der Waals surface area contributed by atoms with Crippen molar-refractivity contribution in [2.45, 2.75) is 6.92 Å². The molecule has 0 amide bonds. The van der Waals surface area contributed by atoms with Gasteiger partial charge in [0.1, 0.15) is 5.75 Å². The van der Waals surface area contributed by atoms with Crippen LogP contribution in [0.25, 0.3) is 22.0 Å². The predicted octanol–water partition coefficient (Wildman–Crippen LogP) is 4.01. The molecule has 23 heavy (non-hydrogen) atoms. The lowest BCUT2D eigenvalue weighted by atomic mass is 9.98. The zero-order valence-corrected chi connectivity index (χ0v) is 13.3. The summed E-state index contributed by atoms with van der Waals surface area (Å²) in [6.45, 7) is 1.88. The van der Waals surface area contributed by atoms with Crippen molar-refractivity contribution in [3.05, 3.63) is 59.8 Å². The number of methoxy groups -OCH3 is 2. The molecule has 0 radical (unpaired) electrons. The molecule has 0 N–H and O–H groups in total. The number of ether oxygens (including phenoxy) is 2. The summed E-state index contributed by atoms with van der Waals surface area (Å²) in [6.07, 6.45) is 0. The van der Waals surface area contributed by atoms with Crippen LogP contribution in [-0.2, 0) is 4.74 Å². The maximum absolute atomic E-state index is 12.1. The van der Waals surface area contributed by atoms with Gasteiger partial charge < -0.3 is 9.47 Å². The molecule has 4 heteroatoms. The molecular formula is C19H17NO3. The van der Waals surface area contributed by atoms with Crippen molar-refractivity contribution in [2.24, 2.45) is 0 Å². The van der Waals surface area contributed by atoms with Crippen molar-refractivity contribution < 1.29 is 14.3 Å².